The van der Waals surface area contributed by atoms with Gasteiger partial charge in [0.05, 0.1) is 11.9 Å². The van der Waals surface area contributed by atoms with Gasteiger partial charge in [0.1, 0.15) is 18.3 Å². The van der Waals surface area contributed by atoms with Crippen molar-refractivity contribution in [1.82, 2.24) is 24.3 Å². The van der Waals surface area contributed by atoms with E-state index in [0.717, 1.165) is 5.69 Å². The first-order valence-corrected chi connectivity index (χ1v) is 8.26. The summed E-state index contributed by atoms with van der Waals surface area (Å²) in [6.45, 7) is 6.05. The predicted molar refractivity (Wildman–Crippen MR) is 92.2 cm³/mol. The Bertz CT molecular complexity index is 962. The standard InChI is InChI=1S/C15H18N6O2S/c1-15(2,3)10-7-24-14(18-10)19-11(22)6-21-8-16-12-9(13(21)23)5-17-20(12)4/h5,7-8H,6H2,1-4H3,(H,18,19,22). The van der Waals surface area contributed by atoms with Gasteiger partial charge in [-0.1, -0.05) is 20.8 Å². The van der Waals surface area contributed by atoms with Crippen LogP contribution in [0.4, 0.5) is 5.13 Å². The first-order chi connectivity index (χ1) is 11.3. The monoisotopic (exact) mass is 346 g/mol. The van der Waals surface area contributed by atoms with Gasteiger partial charge in [-0.05, 0) is 0 Å². The van der Waals surface area contributed by atoms with E-state index < -0.39 is 0 Å². The van der Waals surface area contributed by atoms with Crippen molar-refractivity contribution >= 4 is 33.4 Å². The van der Waals surface area contributed by atoms with Crippen LogP contribution >= 0.6 is 11.3 Å². The zero-order valence-corrected chi connectivity index (χ0v) is 14.7. The molecule has 8 nitrogen and oxygen atoms in total. The quantitative estimate of drug-likeness (QED) is 0.776. The van der Waals surface area contributed by atoms with Gasteiger partial charge in [0, 0.05) is 17.8 Å². The number of fused-ring (bicyclic) bond motifs is 1. The highest BCUT2D eigenvalue weighted by atomic mass is 32.1. The minimum absolute atomic E-state index is 0.0777. The van der Waals surface area contributed by atoms with Crippen LogP contribution in [-0.2, 0) is 23.8 Å². The van der Waals surface area contributed by atoms with Gasteiger partial charge in [-0.25, -0.2) is 9.97 Å². The van der Waals surface area contributed by atoms with Crippen molar-refractivity contribution in [1.29, 1.82) is 0 Å². The molecule has 0 aromatic carbocycles. The number of amides is 1. The van der Waals surface area contributed by atoms with Crippen LogP contribution in [0.5, 0.6) is 0 Å². The summed E-state index contributed by atoms with van der Waals surface area (Å²) in [5.41, 5.74) is 1.04. The summed E-state index contributed by atoms with van der Waals surface area (Å²) in [4.78, 5) is 33.1. The number of aryl methyl sites for hydroxylation is 1. The Hall–Kier alpha value is -2.55. The fourth-order valence-electron chi connectivity index (χ4n) is 2.17. The van der Waals surface area contributed by atoms with Gasteiger partial charge in [-0.2, -0.15) is 5.10 Å². The molecule has 0 aliphatic rings. The molecule has 1 N–H and O–H groups in total. The summed E-state index contributed by atoms with van der Waals surface area (Å²) in [6, 6.07) is 0. The fourth-order valence-corrected chi connectivity index (χ4v) is 3.12. The molecule has 3 aromatic rings. The Morgan fingerprint density at radius 1 is 1.38 bits per heavy atom. The molecule has 0 fully saturated rings. The highest BCUT2D eigenvalue weighted by Crippen LogP contribution is 2.26. The molecule has 0 bridgehead atoms. The van der Waals surface area contributed by atoms with Gasteiger partial charge in [0.15, 0.2) is 10.8 Å². The lowest BCUT2D eigenvalue weighted by Crippen LogP contribution is -2.27. The minimum Gasteiger partial charge on any atom is -0.300 e. The molecule has 9 heteroatoms. The van der Waals surface area contributed by atoms with Crippen LogP contribution in [0.15, 0.2) is 22.7 Å². The third kappa shape index (κ3) is 3.07. The van der Waals surface area contributed by atoms with Crippen molar-refractivity contribution in [2.24, 2.45) is 7.05 Å². The molecule has 0 atom stereocenters. The number of nitrogens with zero attached hydrogens (tertiary/aromatic N) is 5. The lowest BCUT2D eigenvalue weighted by molar-refractivity contribution is -0.116. The zero-order valence-electron chi connectivity index (χ0n) is 13.9. The molecule has 1 amide bonds. The van der Waals surface area contributed by atoms with E-state index in [2.05, 4.69) is 41.2 Å². The van der Waals surface area contributed by atoms with Crippen LogP contribution in [-0.4, -0.2) is 30.2 Å². The minimum atomic E-state index is -0.322. The van der Waals surface area contributed by atoms with Crippen LogP contribution < -0.4 is 10.9 Å². The molecule has 0 saturated carbocycles. The summed E-state index contributed by atoms with van der Waals surface area (Å²) in [7, 11) is 1.71. The van der Waals surface area contributed by atoms with E-state index in [1.807, 2.05) is 5.38 Å². The average Bonchev–Trinajstić information content (AvgIpc) is 3.09. The molecule has 0 aliphatic carbocycles. The first-order valence-electron chi connectivity index (χ1n) is 7.39. The second kappa shape index (κ2) is 5.82. The van der Waals surface area contributed by atoms with Crippen molar-refractivity contribution < 1.29 is 4.79 Å². The third-order valence-electron chi connectivity index (χ3n) is 3.55. The average molecular weight is 346 g/mol. The number of nitrogens with one attached hydrogen (secondary N) is 1. The van der Waals surface area contributed by atoms with Crippen molar-refractivity contribution in [3.63, 3.8) is 0 Å². The van der Waals surface area contributed by atoms with Crippen LogP contribution in [0.1, 0.15) is 26.5 Å². The normalized spacial score (nSPS) is 11.8. The highest BCUT2D eigenvalue weighted by molar-refractivity contribution is 7.13. The summed E-state index contributed by atoms with van der Waals surface area (Å²) >= 11 is 1.37. The molecule has 0 aliphatic heterocycles. The Labute approximate surface area is 142 Å². The third-order valence-corrected chi connectivity index (χ3v) is 4.31. The Morgan fingerprint density at radius 2 is 2.12 bits per heavy atom. The molecule has 24 heavy (non-hydrogen) atoms. The maximum Gasteiger partial charge on any atom is 0.264 e. The van der Waals surface area contributed by atoms with Gasteiger partial charge < -0.3 is 5.32 Å². The lowest BCUT2D eigenvalue weighted by Gasteiger charge is -2.14. The molecule has 0 saturated heterocycles. The van der Waals surface area contributed by atoms with Crippen LogP contribution in [0.3, 0.4) is 0 Å². The molecule has 3 rings (SSSR count). The smallest absolute Gasteiger partial charge is 0.264 e. The zero-order chi connectivity index (χ0) is 17.5. The second-order valence-electron chi connectivity index (χ2n) is 6.52. The molecule has 0 radical (unpaired) electrons. The van der Waals surface area contributed by atoms with Crippen molar-refractivity contribution in [2.75, 3.05) is 5.32 Å². The summed E-state index contributed by atoms with van der Waals surface area (Å²) in [6.07, 6.45) is 2.81. The van der Waals surface area contributed by atoms with Gasteiger partial charge in [-0.15, -0.1) is 11.3 Å². The molecular formula is C15H18N6O2S. The largest absolute Gasteiger partial charge is 0.300 e. The van der Waals surface area contributed by atoms with Gasteiger partial charge in [0.25, 0.3) is 5.56 Å². The highest BCUT2D eigenvalue weighted by Gasteiger charge is 2.18. The Balaban J connectivity index is 1.77. The van der Waals surface area contributed by atoms with Crippen molar-refractivity contribution in [2.45, 2.75) is 32.7 Å². The number of carbonyl (C=O) groups excluding carboxylic acids is 1. The van der Waals surface area contributed by atoms with E-state index in [1.165, 1.54) is 33.1 Å². The van der Waals surface area contributed by atoms with E-state index in [9.17, 15) is 9.59 Å². The fraction of sp³-hybridized carbons (Fsp3) is 0.400. The Kier molecular flexibility index (Phi) is 3.96. The molecule has 0 unspecified atom stereocenters. The van der Waals surface area contributed by atoms with E-state index in [1.54, 1.807) is 7.05 Å². The first kappa shape index (κ1) is 16.3. The molecule has 3 heterocycles. The second-order valence-corrected chi connectivity index (χ2v) is 7.38. The number of rotatable bonds is 3. The van der Waals surface area contributed by atoms with Crippen molar-refractivity contribution in [3.8, 4) is 0 Å². The summed E-state index contributed by atoms with van der Waals surface area (Å²) < 4.78 is 2.78. The van der Waals surface area contributed by atoms with E-state index in [0.29, 0.717) is 16.2 Å². The van der Waals surface area contributed by atoms with E-state index >= 15 is 0 Å². The summed E-state index contributed by atoms with van der Waals surface area (Å²) in [5.74, 6) is -0.322. The molecular weight excluding hydrogens is 328 g/mol. The maximum atomic E-state index is 12.3. The van der Waals surface area contributed by atoms with Gasteiger partial charge >= 0.3 is 0 Å². The molecule has 126 valence electrons. The number of hydrogen-bond donors (Lipinski definition) is 1. The molecule has 0 spiro atoms. The van der Waals surface area contributed by atoms with E-state index in [4.69, 9.17) is 0 Å². The number of aromatic nitrogens is 5. The lowest BCUT2D eigenvalue weighted by atomic mass is 9.93. The molecule has 3 aromatic heterocycles. The SMILES string of the molecule is Cn1ncc2c(=O)n(CC(=O)Nc3nc(C(C)(C)C)cs3)cnc21. The predicted octanol–water partition coefficient (Wildman–Crippen LogP) is 1.52. The number of carbonyl (C=O) groups is 1. The maximum absolute atomic E-state index is 12.3. The van der Waals surface area contributed by atoms with Crippen molar-refractivity contribution in [3.05, 3.63) is 34.0 Å². The number of hydrogen-bond acceptors (Lipinski definition) is 6. The van der Waals surface area contributed by atoms with Gasteiger partial charge in [0.2, 0.25) is 5.91 Å². The van der Waals surface area contributed by atoms with Crippen LogP contribution in [0.2, 0.25) is 0 Å². The Morgan fingerprint density at radius 3 is 2.79 bits per heavy atom. The number of anilines is 1. The van der Waals surface area contributed by atoms with Crippen LogP contribution in [0, 0.1) is 0 Å². The number of thiazole rings is 1. The topological polar surface area (TPSA) is 94.7 Å². The summed E-state index contributed by atoms with van der Waals surface area (Å²) in [5, 5.41) is 9.56. The van der Waals surface area contributed by atoms with E-state index in [-0.39, 0.29) is 23.4 Å². The van der Waals surface area contributed by atoms with Gasteiger partial charge in [-0.3, -0.25) is 18.8 Å². The van der Waals surface area contributed by atoms with Crippen LogP contribution in [0.25, 0.3) is 11.0 Å².